The highest BCUT2D eigenvalue weighted by molar-refractivity contribution is 6.42. The Kier molecular flexibility index (Phi) is 5.38. The van der Waals surface area contributed by atoms with E-state index in [1.54, 1.807) is 0 Å². The second kappa shape index (κ2) is 7.53. The molecule has 0 N–H and O–H groups in total. The Balaban J connectivity index is 1.55. The molecule has 4 rings (SSSR count). The molecule has 2 nitrogen and oxygen atoms in total. The minimum atomic E-state index is 0.657. The van der Waals surface area contributed by atoms with Gasteiger partial charge in [0, 0.05) is 31.7 Å². The average Bonchev–Trinajstić information content (AvgIpc) is 3.07. The molecule has 3 aliphatic rings. The molecule has 0 radical (unpaired) electrons. The van der Waals surface area contributed by atoms with Gasteiger partial charge in [0.05, 0.1) is 10.0 Å². The normalized spacial score (nSPS) is 29.8. The van der Waals surface area contributed by atoms with Crippen molar-refractivity contribution >= 4 is 23.2 Å². The predicted molar refractivity (Wildman–Crippen MR) is 102 cm³/mol. The minimum absolute atomic E-state index is 0.657. The molecule has 0 bridgehead atoms. The van der Waals surface area contributed by atoms with Gasteiger partial charge in [0.2, 0.25) is 0 Å². The van der Waals surface area contributed by atoms with Crippen LogP contribution < -0.4 is 0 Å². The van der Waals surface area contributed by atoms with Crippen molar-refractivity contribution in [3.8, 4) is 0 Å². The maximum Gasteiger partial charge on any atom is 0.0595 e. The molecule has 2 aliphatic heterocycles. The van der Waals surface area contributed by atoms with E-state index in [2.05, 4.69) is 21.9 Å². The number of benzene rings is 1. The van der Waals surface area contributed by atoms with E-state index in [1.165, 1.54) is 70.1 Å². The molecule has 2 saturated heterocycles. The maximum atomic E-state index is 6.25. The molecule has 2 atom stereocenters. The number of rotatable bonds is 3. The van der Waals surface area contributed by atoms with Crippen LogP contribution in [0.15, 0.2) is 18.2 Å². The van der Waals surface area contributed by atoms with Crippen LogP contribution >= 0.6 is 23.2 Å². The van der Waals surface area contributed by atoms with Crippen molar-refractivity contribution in [2.75, 3.05) is 19.6 Å². The molecule has 2 heterocycles. The van der Waals surface area contributed by atoms with Crippen molar-refractivity contribution in [2.24, 2.45) is 5.92 Å². The van der Waals surface area contributed by atoms with E-state index >= 15 is 0 Å². The molecular formula is C20H28Cl2N2. The highest BCUT2D eigenvalue weighted by Crippen LogP contribution is 2.38. The second-order valence-corrected chi connectivity index (χ2v) is 8.67. The van der Waals surface area contributed by atoms with Gasteiger partial charge in [-0.2, -0.15) is 0 Å². The predicted octanol–water partition coefficient (Wildman–Crippen LogP) is 5.22. The maximum absolute atomic E-state index is 6.25. The van der Waals surface area contributed by atoms with Gasteiger partial charge in [-0.15, -0.1) is 0 Å². The van der Waals surface area contributed by atoms with E-state index in [0.717, 1.165) is 24.5 Å². The topological polar surface area (TPSA) is 6.48 Å². The first kappa shape index (κ1) is 17.1. The summed E-state index contributed by atoms with van der Waals surface area (Å²) in [5.74, 6) is 0.882. The Morgan fingerprint density at radius 1 is 0.875 bits per heavy atom. The summed E-state index contributed by atoms with van der Waals surface area (Å²) in [5, 5.41) is 1.34. The fourth-order valence-corrected chi connectivity index (χ4v) is 5.63. The Bertz CT molecular complexity index is 571. The van der Waals surface area contributed by atoms with Crippen LogP contribution in [0.3, 0.4) is 0 Å². The van der Waals surface area contributed by atoms with Crippen molar-refractivity contribution in [3.05, 3.63) is 33.8 Å². The third-order valence-corrected chi connectivity index (χ3v) is 7.15. The molecule has 1 aromatic carbocycles. The van der Waals surface area contributed by atoms with Crippen molar-refractivity contribution in [2.45, 2.75) is 63.6 Å². The molecule has 0 amide bonds. The van der Waals surface area contributed by atoms with Crippen LogP contribution in [0.2, 0.25) is 10.0 Å². The summed E-state index contributed by atoms with van der Waals surface area (Å²) in [6.07, 6.45) is 9.90. The van der Waals surface area contributed by atoms with Gasteiger partial charge in [0.15, 0.2) is 0 Å². The zero-order chi connectivity index (χ0) is 16.5. The molecule has 0 spiro atoms. The van der Waals surface area contributed by atoms with Gasteiger partial charge in [-0.3, -0.25) is 9.80 Å². The number of halogens is 2. The van der Waals surface area contributed by atoms with Gasteiger partial charge >= 0.3 is 0 Å². The van der Waals surface area contributed by atoms with E-state index in [1.807, 2.05) is 6.07 Å². The van der Waals surface area contributed by atoms with Crippen LogP contribution in [-0.2, 0) is 6.54 Å². The lowest BCUT2D eigenvalue weighted by molar-refractivity contribution is -0.00379. The second-order valence-electron chi connectivity index (χ2n) is 7.85. The number of nitrogens with zero attached hydrogens (tertiary/aromatic N) is 2. The molecular weight excluding hydrogens is 339 g/mol. The summed E-state index contributed by atoms with van der Waals surface area (Å²) in [5.41, 5.74) is 1.30. The van der Waals surface area contributed by atoms with E-state index in [4.69, 9.17) is 23.2 Å². The molecule has 0 aromatic heterocycles. The van der Waals surface area contributed by atoms with Gasteiger partial charge < -0.3 is 0 Å². The first-order valence-electron chi connectivity index (χ1n) is 9.64. The largest absolute Gasteiger partial charge is 0.298 e. The van der Waals surface area contributed by atoms with Gasteiger partial charge in [-0.1, -0.05) is 48.5 Å². The first-order valence-corrected chi connectivity index (χ1v) is 10.4. The number of hydrogen-bond donors (Lipinski definition) is 0. The van der Waals surface area contributed by atoms with Crippen molar-refractivity contribution in [3.63, 3.8) is 0 Å². The zero-order valence-electron chi connectivity index (χ0n) is 14.4. The average molecular weight is 367 g/mol. The van der Waals surface area contributed by atoms with Gasteiger partial charge in [0.1, 0.15) is 0 Å². The fraction of sp³-hybridized carbons (Fsp3) is 0.700. The molecule has 0 unspecified atom stereocenters. The van der Waals surface area contributed by atoms with E-state index in [0.29, 0.717) is 10.0 Å². The SMILES string of the molecule is Clc1ccc(CN2CCN3CCC[C@H]3[C@H]2C2CCCCC2)cc1Cl. The monoisotopic (exact) mass is 366 g/mol. The Labute approximate surface area is 156 Å². The third kappa shape index (κ3) is 3.49. The van der Waals surface area contributed by atoms with Crippen LogP contribution in [0.4, 0.5) is 0 Å². The Hall–Kier alpha value is -0.280. The van der Waals surface area contributed by atoms with E-state index in [9.17, 15) is 0 Å². The van der Waals surface area contributed by atoms with Crippen molar-refractivity contribution < 1.29 is 0 Å². The zero-order valence-corrected chi connectivity index (χ0v) is 15.9. The lowest BCUT2D eigenvalue weighted by atomic mass is 9.78. The standard InChI is InChI=1S/C20H28Cl2N2/c21-17-9-8-15(13-18(17)22)14-24-12-11-23-10-4-7-19(23)20(24)16-5-2-1-3-6-16/h8-9,13,16,19-20H,1-7,10-12,14H2/t19-,20+/m0/s1. The van der Waals surface area contributed by atoms with Crippen LogP contribution in [0.1, 0.15) is 50.5 Å². The highest BCUT2D eigenvalue weighted by Gasteiger charge is 2.42. The summed E-state index contributed by atoms with van der Waals surface area (Å²) < 4.78 is 0. The summed E-state index contributed by atoms with van der Waals surface area (Å²) >= 11 is 12.3. The third-order valence-electron chi connectivity index (χ3n) is 6.41. The minimum Gasteiger partial charge on any atom is -0.298 e. The van der Waals surface area contributed by atoms with Gasteiger partial charge in [-0.05, 0) is 55.8 Å². The lowest BCUT2D eigenvalue weighted by Gasteiger charge is -2.49. The van der Waals surface area contributed by atoms with Crippen molar-refractivity contribution in [1.29, 1.82) is 0 Å². The van der Waals surface area contributed by atoms with Crippen molar-refractivity contribution in [1.82, 2.24) is 9.80 Å². The van der Waals surface area contributed by atoms with Crippen LogP contribution in [0.25, 0.3) is 0 Å². The molecule has 4 heteroatoms. The summed E-state index contributed by atoms with van der Waals surface area (Å²) in [6.45, 7) is 4.75. The first-order chi connectivity index (χ1) is 11.7. The fourth-order valence-electron chi connectivity index (χ4n) is 5.31. The lowest BCUT2D eigenvalue weighted by Crippen LogP contribution is -2.59. The Morgan fingerprint density at radius 3 is 2.50 bits per heavy atom. The summed E-state index contributed by atoms with van der Waals surface area (Å²) in [6, 6.07) is 7.66. The van der Waals surface area contributed by atoms with E-state index in [-0.39, 0.29) is 0 Å². The number of piperazine rings is 1. The molecule has 3 fully saturated rings. The number of fused-ring (bicyclic) bond motifs is 1. The molecule has 24 heavy (non-hydrogen) atoms. The van der Waals surface area contributed by atoms with Gasteiger partial charge in [0.25, 0.3) is 0 Å². The molecule has 132 valence electrons. The molecule has 1 saturated carbocycles. The molecule has 1 aromatic rings. The van der Waals surface area contributed by atoms with Crippen LogP contribution in [0.5, 0.6) is 0 Å². The van der Waals surface area contributed by atoms with Crippen LogP contribution in [0, 0.1) is 5.92 Å². The Morgan fingerprint density at radius 2 is 1.71 bits per heavy atom. The number of hydrogen-bond acceptors (Lipinski definition) is 2. The summed E-state index contributed by atoms with van der Waals surface area (Å²) in [4.78, 5) is 5.53. The smallest absolute Gasteiger partial charge is 0.0595 e. The van der Waals surface area contributed by atoms with Gasteiger partial charge in [-0.25, -0.2) is 0 Å². The highest BCUT2D eigenvalue weighted by atomic mass is 35.5. The quantitative estimate of drug-likeness (QED) is 0.723. The van der Waals surface area contributed by atoms with Crippen LogP contribution in [-0.4, -0.2) is 41.5 Å². The molecule has 1 aliphatic carbocycles. The van der Waals surface area contributed by atoms with E-state index < -0.39 is 0 Å². The summed E-state index contributed by atoms with van der Waals surface area (Å²) in [7, 11) is 0.